The van der Waals surface area contributed by atoms with Crippen molar-refractivity contribution in [1.29, 1.82) is 0 Å². The number of carbonyl (C=O) groups is 1. The number of hydrogen-bond acceptors (Lipinski definition) is 3. The number of benzene rings is 2. The van der Waals surface area contributed by atoms with Crippen LogP contribution in [0.1, 0.15) is 40.4 Å². The van der Waals surface area contributed by atoms with Gasteiger partial charge in [0.2, 0.25) is 0 Å². The number of ether oxygens (including phenoxy) is 1. The SMILES string of the molecule is O=C(c1occc1COc1ccccc1)N1CCC(c2c[nH]c3ccccc23)CC1. The van der Waals surface area contributed by atoms with Crippen molar-refractivity contribution < 1.29 is 13.9 Å². The number of aromatic nitrogens is 1. The van der Waals surface area contributed by atoms with Crippen molar-refractivity contribution in [3.8, 4) is 5.75 Å². The maximum atomic E-state index is 13.1. The van der Waals surface area contributed by atoms with E-state index in [0.717, 1.165) is 37.2 Å². The zero-order valence-electron chi connectivity index (χ0n) is 16.7. The van der Waals surface area contributed by atoms with Crippen LogP contribution in [0.25, 0.3) is 10.9 Å². The van der Waals surface area contributed by atoms with Gasteiger partial charge in [-0.1, -0.05) is 36.4 Å². The largest absolute Gasteiger partial charge is 0.489 e. The predicted octanol–water partition coefficient (Wildman–Crippen LogP) is 5.36. The molecule has 5 nitrogen and oxygen atoms in total. The maximum absolute atomic E-state index is 13.1. The van der Waals surface area contributed by atoms with E-state index < -0.39 is 0 Å². The molecule has 1 aliphatic heterocycles. The molecule has 1 amide bonds. The molecule has 0 atom stereocenters. The number of hydrogen-bond donors (Lipinski definition) is 1. The van der Waals surface area contributed by atoms with Crippen molar-refractivity contribution in [1.82, 2.24) is 9.88 Å². The number of nitrogens with zero attached hydrogens (tertiary/aromatic N) is 1. The molecule has 0 saturated carbocycles. The van der Waals surface area contributed by atoms with Crippen LogP contribution in [0.2, 0.25) is 0 Å². The lowest BCUT2D eigenvalue weighted by Gasteiger charge is -2.31. The minimum Gasteiger partial charge on any atom is -0.489 e. The molecule has 2 aromatic heterocycles. The van der Waals surface area contributed by atoms with Gasteiger partial charge in [-0.2, -0.15) is 0 Å². The molecule has 0 aliphatic carbocycles. The Bertz CT molecular complexity index is 1140. The third-order valence-electron chi connectivity index (χ3n) is 5.92. The van der Waals surface area contributed by atoms with Gasteiger partial charge in [-0.05, 0) is 48.6 Å². The van der Waals surface area contributed by atoms with E-state index in [1.165, 1.54) is 16.5 Å². The van der Waals surface area contributed by atoms with E-state index in [4.69, 9.17) is 9.15 Å². The van der Waals surface area contributed by atoms with Gasteiger partial charge in [0, 0.05) is 35.8 Å². The molecular weight excluding hydrogens is 376 g/mol. The van der Waals surface area contributed by atoms with E-state index >= 15 is 0 Å². The lowest BCUT2D eigenvalue weighted by atomic mass is 9.89. The van der Waals surface area contributed by atoms with Crippen molar-refractivity contribution in [3.63, 3.8) is 0 Å². The molecule has 1 aliphatic rings. The first-order valence-electron chi connectivity index (χ1n) is 10.4. The lowest BCUT2D eigenvalue weighted by molar-refractivity contribution is 0.0677. The molecule has 152 valence electrons. The number of para-hydroxylation sites is 2. The number of likely N-dealkylation sites (tertiary alicyclic amines) is 1. The average molecular weight is 400 g/mol. The summed E-state index contributed by atoms with van der Waals surface area (Å²) < 4.78 is 11.3. The first-order chi connectivity index (χ1) is 14.8. The summed E-state index contributed by atoms with van der Waals surface area (Å²) in [5.74, 6) is 1.57. The number of rotatable bonds is 5. The van der Waals surface area contributed by atoms with Crippen molar-refractivity contribution in [2.45, 2.75) is 25.4 Å². The normalized spacial score (nSPS) is 14.9. The minimum absolute atomic E-state index is 0.0518. The summed E-state index contributed by atoms with van der Waals surface area (Å²) in [4.78, 5) is 18.3. The standard InChI is InChI=1S/C25H24N2O3/c28-25(24-19(12-15-29-24)17-30-20-6-2-1-3-7-20)27-13-10-18(11-14-27)22-16-26-23-9-5-4-8-21(22)23/h1-9,12,15-16,18,26H,10-11,13-14,17H2. The Kier molecular flexibility index (Phi) is 5.01. The van der Waals surface area contributed by atoms with Crippen LogP contribution in [0.5, 0.6) is 5.75 Å². The highest BCUT2D eigenvalue weighted by Crippen LogP contribution is 2.33. The Balaban J connectivity index is 1.24. The molecular formula is C25H24N2O3. The number of nitrogens with one attached hydrogen (secondary N) is 1. The predicted molar refractivity (Wildman–Crippen MR) is 116 cm³/mol. The third-order valence-corrected chi connectivity index (χ3v) is 5.92. The van der Waals surface area contributed by atoms with Crippen molar-refractivity contribution in [2.24, 2.45) is 0 Å². The molecule has 0 unspecified atom stereocenters. The smallest absolute Gasteiger partial charge is 0.289 e. The van der Waals surface area contributed by atoms with Crippen LogP contribution in [0.3, 0.4) is 0 Å². The van der Waals surface area contributed by atoms with Gasteiger partial charge in [-0.25, -0.2) is 0 Å². The summed E-state index contributed by atoms with van der Waals surface area (Å²) in [7, 11) is 0. The van der Waals surface area contributed by atoms with Gasteiger partial charge in [-0.3, -0.25) is 4.79 Å². The summed E-state index contributed by atoms with van der Waals surface area (Å²) in [6.45, 7) is 1.76. The summed E-state index contributed by atoms with van der Waals surface area (Å²) >= 11 is 0. The van der Waals surface area contributed by atoms with Crippen LogP contribution in [-0.2, 0) is 6.61 Å². The Morgan fingerprint density at radius 1 is 1.03 bits per heavy atom. The molecule has 3 heterocycles. The Morgan fingerprint density at radius 3 is 2.63 bits per heavy atom. The Hall–Kier alpha value is -3.47. The first-order valence-corrected chi connectivity index (χ1v) is 10.4. The number of piperidine rings is 1. The highest BCUT2D eigenvalue weighted by atomic mass is 16.5. The summed E-state index contributed by atoms with van der Waals surface area (Å²) in [6.07, 6.45) is 5.59. The molecule has 2 aromatic carbocycles. The van der Waals surface area contributed by atoms with E-state index in [1.54, 1.807) is 6.26 Å². The molecule has 1 saturated heterocycles. The molecule has 5 heteroatoms. The highest BCUT2D eigenvalue weighted by molar-refractivity contribution is 5.93. The van der Waals surface area contributed by atoms with Gasteiger partial charge >= 0.3 is 0 Å². The van der Waals surface area contributed by atoms with E-state index in [2.05, 4.69) is 29.4 Å². The zero-order valence-corrected chi connectivity index (χ0v) is 16.7. The van der Waals surface area contributed by atoms with Crippen LogP contribution < -0.4 is 4.74 Å². The maximum Gasteiger partial charge on any atom is 0.289 e. The van der Waals surface area contributed by atoms with E-state index in [-0.39, 0.29) is 5.91 Å². The Labute approximate surface area is 175 Å². The molecule has 30 heavy (non-hydrogen) atoms. The van der Waals surface area contributed by atoms with Crippen LogP contribution in [0.15, 0.2) is 77.5 Å². The molecule has 4 aromatic rings. The van der Waals surface area contributed by atoms with Crippen LogP contribution in [-0.4, -0.2) is 28.9 Å². The average Bonchev–Trinajstić information content (AvgIpc) is 3.45. The quantitative estimate of drug-likeness (QED) is 0.491. The van der Waals surface area contributed by atoms with Crippen molar-refractivity contribution in [3.05, 3.63) is 90.0 Å². The van der Waals surface area contributed by atoms with Crippen LogP contribution in [0.4, 0.5) is 0 Å². The summed E-state index contributed by atoms with van der Waals surface area (Å²) in [5.41, 5.74) is 3.31. The van der Waals surface area contributed by atoms with Crippen molar-refractivity contribution in [2.75, 3.05) is 13.1 Å². The highest BCUT2D eigenvalue weighted by Gasteiger charge is 2.28. The lowest BCUT2D eigenvalue weighted by Crippen LogP contribution is -2.38. The van der Waals surface area contributed by atoms with Crippen LogP contribution in [0, 0.1) is 0 Å². The molecule has 0 bridgehead atoms. The van der Waals surface area contributed by atoms with E-state index in [0.29, 0.717) is 18.3 Å². The number of furan rings is 1. The monoisotopic (exact) mass is 400 g/mol. The van der Waals surface area contributed by atoms with Crippen molar-refractivity contribution >= 4 is 16.8 Å². The minimum atomic E-state index is -0.0518. The number of fused-ring (bicyclic) bond motifs is 1. The molecule has 0 radical (unpaired) electrons. The molecule has 1 N–H and O–H groups in total. The Morgan fingerprint density at radius 2 is 1.80 bits per heavy atom. The fourth-order valence-corrected chi connectivity index (χ4v) is 4.28. The number of carbonyl (C=O) groups excluding carboxylic acids is 1. The van der Waals surface area contributed by atoms with E-state index in [9.17, 15) is 4.79 Å². The van der Waals surface area contributed by atoms with Gasteiger partial charge in [0.25, 0.3) is 5.91 Å². The number of H-pyrrole nitrogens is 1. The number of amides is 1. The fraction of sp³-hybridized carbons (Fsp3) is 0.240. The van der Waals surface area contributed by atoms with Gasteiger partial charge in [-0.15, -0.1) is 0 Å². The molecule has 0 spiro atoms. The second-order valence-electron chi connectivity index (χ2n) is 7.73. The fourth-order valence-electron chi connectivity index (χ4n) is 4.28. The van der Waals surface area contributed by atoms with E-state index in [1.807, 2.05) is 47.4 Å². The second kappa shape index (κ2) is 8.11. The number of aromatic amines is 1. The topological polar surface area (TPSA) is 58.5 Å². The summed E-state index contributed by atoms with van der Waals surface area (Å²) in [5, 5.41) is 1.29. The third kappa shape index (κ3) is 3.59. The van der Waals surface area contributed by atoms with Gasteiger partial charge in [0.05, 0.1) is 6.26 Å². The first kappa shape index (κ1) is 18.6. The zero-order chi connectivity index (χ0) is 20.3. The molecule has 1 fully saturated rings. The van der Waals surface area contributed by atoms with Crippen LogP contribution >= 0.6 is 0 Å². The second-order valence-corrected chi connectivity index (χ2v) is 7.73. The molecule has 5 rings (SSSR count). The summed E-state index contributed by atoms with van der Waals surface area (Å²) in [6, 6.07) is 19.8. The van der Waals surface area contributed by atoms with Gasteiger partial charge < -0.3 is 19.0 Å². The van der Waals surface area contributed by atoms with Gasteiger partial charge in [0.1, 0.15) is 12.4 Å². The van der Waals surface area contributed by atoms with Gasteiger partial charge in [0.15, 0.2) is 5.76 Å².